The van der Waals surface area contributed by atoms with Crippen LogP contribution in [0.2, 0.25) is 0 Å². The summed E-state index contributed by atoms with van der Waals surface area (Å²) < 4.78 is 6.85. The molecule has 0 bridgehead atoms. The monoisotopic (exact) mass is 731 g/mol. The van der Waals surface area contributed by atoms with Gasteiger partial charge in [-0.3, -0.25) is 0 Å². The van der Waals surface area contributed by atoms with Gasteiger partial charge in [0.15, 0.2) is 0 Å². The second-order valence-electron chi connectivity index (χ2n) is 17.3. The number of anilines is 3. The maximum atomic E-state index is 6.85. The van der Waals surface area contributed by atoms with Gasteiger partial charge in [-0.1, -0.05) is 155 Å². The third-order valence-electron chi connectivity index (χ3n) is 13.7. The molecule has 0 fully saturated rings. The van der Waals surface area contributed by atoms with E-state index in [9.17, 15) is 0 Å². The number of hydrogen-bond donors (Lipinski definition) is 0. The van der Waals surface area contributed by atoms with Crippen molar-refractivity contribution in [1.29, 1.82) is 0 Å². The normalized spacial score (nSPS) is 16.2. The zero-order chi connectivity index (χ0) is 38.3. The molecule has 0 amide bonds. The van der Waals surface area contributed by atoms with Crippen LogP contribution in [0.1, 0.15) is 72.2 Å². The van der Waals surface area contributed by atoms with Crippen LogP contribution in [-0.4, -0.2) is 0 Å². The molecule has 2 aliphatic carbocycles. The van der Waals surface area contributed by atoms with E-state index in [2.05, 4.69) is 209 Å². The van der Waals surface area contributed by atoms with E-state index < -0.39 is 5.41 Å². The fourth-order valence-corrected chi connectivity index (χ4v) is 11.0. The largest absolute Gasteiger partial charge is 0.457 e. The quantitative estimate of drug-likeness (QED) is 0.176. The maximum Gasteiger partial charge on any atom is 0.132 e. The van der Waals surface area contributed by atoms with Gasteiger partial charge in [-0.25, -0.2) is 0 Å². The molecule has 0 saturated carbocycles. The molecule has 8 aromatic carbocycles. The minimum atomic E-state index is -0.677. The number of hydrogen-bond acceptors (Lipinski definition) is 2. The van der Waals surface area contributed by atoms with Crippen molar-refractivity contribution in [2.24, 2.45) is 0 Å². The van der Waals surface area contributed by atoms with E-state index in [1.165, 1.54) is 89.3 Å². The Hall–Kier alpha value is -6.64. The first kappa shape index (κ1) is 32.6. The number of nitrogens with zero attached hydrogens (tertiary/aromatic N) is 1. The van der Waals surface area contributed by atoms with E-state index in [0.717, 1.165) is 17.2 Å². The zero-order valence-corrected chi connectivity index (χ0v) is 32.6. The standard InChI is InChI=1S/C55H41NO/c1-53(2)41-20-10-8-18-37(41)39-30-47-49(32-45(39)53)56(36-28-26-35(27-29-36)34-16-6-5-7-17-34)50-33-46-40(38-19-9-11-21-42(38)54(46,3)4)31-48(50)55(47)43-22-12-14-24-51(43)57-52-25-15-13-23-44(52)55/h5-33H,1-4H3. The maximum absolute atomic E-state index is 6.85. The van der Waals surface area contributed by atoms with Crippen LogP contribution in [0.3, 0.4) is 0 Å². The summed E-state index contributed by atoms with van der Waals surface area (Å²) in [5.74, 6) is 1.80. The lowest BCUT2D eigenvalue weighted by Gasteiger charge is -2.49. The fourth-order valence-electron chi connectivity index (χ4n) is 11.0. The zero-order valence-electron chi connectivity index (χ0n) is 32.6. The topological polar surface area (TPSA) is 12.5 Å². The number of ether oxygens (including phenoxy) is 1. The highest BCUT2D eigenvalue weighted by Crippen LogP contribution is 2.66. The van der Waals surface area contributed by atoms with Gasteiger partial charge in [0.1, 0.15) is 11.5 Å². The van der Waals surface area contributed by atoms with Gasteiger partial charge < -0.3 is 9.64 Å². The minimum Gasteiger partial charge on any atom is -0.457 e. The Morgan fingerprint density at radius 2 is 0.772 bits per heavy atom. The third kappa shape index (κ3) is 4.15. The van der Waals surface area contributed by atoms with Crippen LogP contribution in [0.5, 0.6) is 11.5 Å². The molecule has 8 aromatic rings. The lowest BCUT2D eigenvalue weighted by Crippen LogP contribution is -2.40. The second kappa shape index (κ2) is 11.2. The van der Waals surface area contributed by atoms with Crippen LogP contribution in [0.25, 0.3) is 33.4 Å². The highest BCUT2D eigenvalue weighted by Gasteiger charge is 2.53. The van der Waals surface area contributed by atoms with Crippen LogP contribution in [0.4, 0.5) is 17.1 Å². The lowest BCUT2D eigenvalue weighted by atomic mass is 9.60. The van der Waals surface area contributed by atoms with Gasteiger partial charge in [0.05, 0.1) is 16.8 Å². The number of rotatable bonds is 2. The van der Waals surface area contributed by atoms with Crippen molar-refractivity contribution in [1.82, 2.24) is 0 Å². The van der Waals surface area contributed by atoms with E-state index >= 15 is 0 Å². The van der Waals surface area contributed by atoms with Crippen molar-refractivity contribution in [2.45, 2.75) is 43.9 Å². The third-order valence-corrected chi connectivity index (χ3v) is 13.7. The molecular formula is C55H41NO. The smallest absolute Gasteiger partial charge is 0.132 e. The van der Waals surface area contributed by atoms with Crippen molar-refractivity contribution in [2.75, 3.05) is 4.90 Å². The highest BCUT2D eigenvalue weighted by molar-refractivity contribution is 5.97. The van der Waals surface area contributed by atoms with Crippen LogP contribution >= 0.6 is 0 Å². The van der Waals surface area contributed by atoms with Crippen molar-refractivity contribution < 1.29 is 4.74 Å². The molecule has 57 heavy (non-hydrogen) atoms. The van der Waals surface area contributed by atoms with Gasteiger partial charge in [0, 0.05) is 27.6 Å². The molecule has 0 radical (unpaired) electrons. The molecule has 4 aliphatic rings. The molecule has 2 heterocycles. The Labute approximate surface area is 334 Å². The van der Waals surface area contributed by atoms with E-state index in [0.29, 0.717) is 0 Å². The minimum absolute atomic E-state index is 0.176. The summed E-state index contributed by atoms with van der Waals surface area (Å²) in [6.45, 7) is 9.56. The Morgan fingerprint density at radius 3 is 1.28 bits per heavy atom. The molecule has 272 valence electrons. The average molecular weight is 732 g/mol. The molecule has 2 nitrogen and oxygen atoms in total. The van der Waals surface area contributed by atoms with Crippen LogP contribution in [0, 0.1) is 0 Å². The summed E-state index contributed by atoms with van der Waals surface area (Å²) in [6.07, 6.45) is 0. The summed E-state index contributed by atoms with van der Waals surface area (Å²) >= 11 is 0. The Morgan fingerprint density at radius 1 is 0.351 bits per heavy atom. The Kier molecular flexibility index (Phi) is 6.42. The Bertz CT molecular complexity index is 2820. The first-order valence-electron chi connectivity index (χ1n) is 20.2. The van der Waals surface area contributed by atoms with E-state index in [4.69, 9.17) is 4.74 Å². The van der Waals surface area contributed by atoms with Gasteiger partial charge >= 0.3 is 0 Å². The van der Waals surface area contributed by atoms with Gasteiger partial charge in [0.25, 0.3) is 0 Å². The summed E-state index contributed by atoms with van der Waals surface area (Å²) in [7, 11) is 0. The SMILES string of the molecule is CC1(C)c2ccccc2-c2cc3c(cc21)N(c1ccc(-c2ccccc2)cc1)c1cc2c(cc1C31c3ccccc3Oc3ccccc31)-c1ccccc1C2(C)C. The number of fused-ring (bicyclic) bond motifs is 14. The van der Waals surface area contributed by atoms with Crippen LogP contribution in [-0.2, 0) is 16.2 Å². The molecule has 0 atom stereocenters. The first-order valence-corrected chi connectivity index (χ1v) is 20.2. The lowest BCUT2D eigenvalue weighted by molar-refractivity contribution is 0.434. The summed E-state index contributed by atoms with van der Waals surface area (Å²) in [6, 6.07) is 65.6. The summed E-state index contributed by atoms with van der Waals surface area (Å²) in [4.78, 5) is 2.57. The van der Waals surface area contributed by atoms with Crippen molar-refractivity contribution in [3.63, 3.8) is 0 Å². The molecule has 2 aliphatic heterocycles. The molecule has 0 aromatic heterocycles. The molecule has 0 N–H and O–H groups in total. The predicted molar refractivity (Wildman–Crippen MR) is 234 cm³/mol. The van der Waals surface area contributed by atoms with Gasteiger partial charge in [-0.05, 0) is 115 Å². The molecule has 0 unspecified atom stereocenters. The van der Waals surface area contributed by atoms with Gasteiger partial charge in [-0.2, -0.15) is 0 Å². The van der Waals surface area contributed by atoms with Crippen molar-refractivity contribution >= 4 is 17.1 Å². The molecular weight excluding hydrogens is 691 g/mol. The highest BCUT2D eigenvalue weighted by atomic mass is 16.5. The summed E-state index contributed by atoms with van der Waals surface area (Å²) in [5, 5.41) is 0. The average Bonchev–Trinajstić information content (AvgIpc) is 3.61. The van der Waals surface area contributed by atoms with Crippen molar-refractivity contribution in [3.8, 4) is 44.9 Å². The van der Waals surface area contributed by atoms with Crippen LogP contribution < -0.4 is 9.64 Å². The molecule has 12 rings (SSSR count). The van der Waals surface area contributed by atoms with Crippen molar-refractivity contribution in [3.05, 3.63) is 220 Å². The first-order chi connectivity index (χ1) is 27.8. The second-order valence-corrected chi connectivity index (χ2v) is 17.3. The molecule has 1 spiro atoms. The Balaban J connectivity index is 1.25. The number of para-hydroxylation sites is 2. The van der Waals surface area contributed by atoms with E-state index in [-0.39, 0.29) is 10.8 Å². The fraction of sp³-hybridized carbons (Fsp3) is 0.127. The predicted octanol–water partition coefficient (Wildman–Crippen LogP) is 14.2. The van der Waals surface area contributed by atoms with E-state index in [1.54, 1.807) is 0 Å². The molecule has 0 saturated heterocycles. The van der Waals surface area contributed by atoms with Gasteiger partial charge in [-0.15, -0.1) is 0 Å². The van der Waals surface area contributed by atoms with Gasteiger partial charge in [0.2, 0.25) is 0 Å². The van der Waals surface area contributed by atoms with Crippen LogP contribution in [0.15, 0.2) is 176 Å². The molecule has 2 heteroatoms. The number of benzene rings is 8. The summed E-state index contributed by atoms with van der Waals surface area (Å²) in [5.41, 5.74) is 20.5. The van der Waals surface area contributed by atoms with E-state index in [1.807, 2.05) is 0 Å².